The zero-order chi connectivity index (χ0) is 29.5. The highest BCUT2D eigenvalue weighted by Gasteiger charge is 2.17. The first-order valence-electron chi connectivity index (χ1n) is 12.1. The molecule has 0 aromatic heterocycles. The summed E-state index contributed by atoms with van der Waals surface area (Å²) in [5, 5.41) is 8.51. The van der Waals surface area contributed by atoms with E-state index in [9.17, 15) is 18.0 Å². The van der Waals surface area contributed by atoms with Gasteiger partial charge in [-0.2, -0.15) is 8.42 Å². The van der Waals surface area contributed by atoms with Crippen molar-refractivity contribution in [1.82, 2.24) is 0 Å². The molecule has 2 atom stereocenters. The van der Waals surface area contributed by atoms with Crippen molar-refractivity contribution in [3.05, 3.63) is 138 Å². The molecule has 0 saturated heterocycles. The minimum atomic E-state index is -4.02. The van der Waals surface area contributed by atoms with Gasteiger partial charge in [0, 0.05) is 0 Å². The third kappa shape index (κ3) is 11.2. The van der Waals surface area contributed by atoms with Crippen LogP contribution in [0, 0.1) is 6.92 Å². The molecule has 0 bridgehead atoms. The van der Waals surface area contributed by atoms with Gasteiger partial charge in [0.05, 0.1) is 4.90 Å². The molecule has 0 aliphatic rings. The van der Waals surface area contributed by atoms with Crippen molar-refractivity contribution in [1.29, 1.82) is 0 Å². The quantitative estimate of drug-likeness (QED) is 0.187. The Kier molecular flexibility index (Phi) is 12.7. The predicted molar refractivity (Wildman–Crippen MR) is 152 cm³/mol. The van der Waals surface area contributed by atoms with E-state index >= 15 is 0 Å². The van der Waals surface area contributed by atoms with Gasteiger partial charge in [0.15, 0.2) is 0 Å². The molecule has 0 aliphatic carbocycles. The van der Waals surface area contributed by atoms with Crippen LogP contribution in [0.4, 0.5) is 0 Å². The van der Waals surface area contributed by atoms with Gasteiger partial charge in [0.25, 0.3) is 10.1 Å². The molecule has 0 spiro atoms. The second kappa shape index (κ2) is 15.9. The highest BCUT2D eigenvalue weighted by Crippen LogP contribution is 2.13. The van der Waals surface area contributed by atoms with E-state index in [-0.39, 0.29) is 11.5 Å². The summed E-state index contributed by atoms with van der Waals surface area (Å²) in [7, 11) is -4.02. The lowest BCUT2D eigenvalue weighted by molar-refractivity contribution is -0.146. The van der Waals surface area contributed by atoms with Gasteiger partial charge in [-0.1, -0.05) is 109 Å². The molecule has 210 valence electrons. The first-order valence-corrected chi connectivity index (χ1v) is 13.5. The number of rotatable bonds is 7. The van der Waals surface area contributed by atoms with Gasteiger partial charge in [0.2, 0.25) is 0 Å². The van der Waals surface area contributed by atoms with Gasteiger partial charge in [-0.3, -0.25) is 9.35 Å². The van der Waals surface area contributed by atoms with Gasteiger partial charge in [-0.25, -0.2) is 4.79 Å². The van der Waals surface area contributed by atoms with Gasteiger partial charge in [0.1, 0.15) is 18.7 Å². The first kappa shape index (κ1) is 31.9. The Hall–Kier alpha value is -4.35. The summed E-state index contributed by atoms with van der Waals surface area (Å²) in [6.45, 7) is 2.09. The molecule has 0 amide bonds. The van der Waals surface area contributed by atoms with Crippen molar-refractivity contribution >= 4 is 22.1 Å². The van der Waals surface area contributed by atoms with E-state index in [0.717, 1.165) is 16.7 Å². The summed E-state index contributed by atoms with van der Waals surface area (Å²) >= 11 is 0. The van der Waals surface area contributed by atoms with Crippen LogP contribution in [0.2, 0.25) is 0 Å². The minimum absolute atomic E-state index is 0.0666. The maximum Gasteiger partial charge on any atom is 0.327 e. The summed E-state index contributed by atoms with van der Waals surface area (Å²) in [5.74, 6) is -1.42. The largest absolute Gasteiger partial charge is 0.480 e. The second-order valence-electron chi connectivity index (χ2n) is 8.50. The Morgan fingerprint density at radius 3 is 1.57 bits per heavy atom. The molecule has 0 radical (unpaired) electrons. The Morgan fingerprint density at radius 1 is 0.725 bits per heavy atom. The fraction of sp³-hybridized carbons (Fsp3) is 0.133. The standard InChI is InChI=1S/C15H15NO2.C8H9NO2.C7H8O3S/c16-14(13-9-5-2-6-10-13)15(17)18-11-12-7-3-1-4-8-12;9-7(8(10)11)6-4-2-1-3-5-6;1-6-2-4-7(5-3-6)11(8,9)10/h1-10,14H,11,16H2;1-5,7H,9H2,(H,10,11);2-5H,1H3,(H,8,9,10). The second-order valence-corrected chi connectivity index (χ2v) is 9.92. The maximum atomic E-state index is 11.8. The molecule has 2 unspecified atom stereocenters. The number of hydrogen-bond acceptors (Lipinski definition) is 7. The SMILES string of the molecule is Cc1ccc(S(=O)(=O)O)cc1.NC(C(=O)O)c1ccccc1.NC(C(=O)OCc1ccccc1)c1ccccc1. The molecular weight excluding hydrogens is 532 g/mol. The van der Waals surface area contributed by atoms with E-state index in [2.05, 4.69) is 0 Å². The molecule has 0 fully saturated rings. The van der Waals surface area contributed by atoms with Gasteiger partial charge < -0.3 is 21.3 Å². The topological polar surface area (TPSA) is 170 Å². The Morgan fingerprint density at radius 2 is 1.15 bits per heavy atom. The molecule has 10 heteroatoms. The maximum absolute atomic E-state index is 11.8. The molecule has 4 aromatic carbocycles. The number of carboxylic acids is 1. The van der Waals surface area contributed by atoms with Crippen LogP contribution in [-0.2, 0) is 31.1 Å². The van der Waals surface area contributed by atoms with E-state index in [0.29, 0.717) is 5.56 Å². The summed E-state index contributed by atoms with van der Waals surface area (Å²) in [6, 6.07) is 31.8. The third-order valence-electron chi connectivity index (χ3n) is 5.38. The van der Waals surface area contributed by atoms with Crippen molar-refractivity contribution in [2.75, 3.05) is 0 Å². The molecular formula is C30H32N2O7S. The number of carbonyl (C=O) groups excluding carboxylic acids is 1. The number of benzene rings is 4. The van der Waals surface area contributed by atoms with Crippen molar-refractivity contribution in [2.24, 2.45) is 11.5 Å². The van der Waals surface area contributed by atoms with Crippen LogP contribution in [0.5, 0.6) is 0 Å². The minimum Gasteiger partial charge on any atom is -0.480 e. The van der Waals surface area contributed by atoms with E-state index in [1.807, 2.05) is 73.7 Å². The molecule has 6 N–H and O–H groups in total. The highest BCUT2D eigenvalue weighted by atomic mass is 32.2. The van der Waals surface area contributed by atoms with Crippen LogP contribution in [0.25, 0.3) is 0 Å². The fourth-order valence-corrected chi connectivity index (χ4v) is 3.61. The summed E-state index contributed by atoms with van der Waals surface area (Å²) in [5.41, 5.74) is 14.5. The smallest absolute Gasteiger partial charge is 0.327 e. The zero-order valence-electron chi connectivity index (χ0n) is 21.8. The van der Waals surface area contributed by atoms with Crippen molar-refractivity contribution in [2.45, 2.75) is 30.5 Å². The average molecular weight is 565 g/mol. The number of esters is 1. The lowest BCUT2D eigenvalue weighted by Crippen LogP contribution is -2.23. The molecule has 4 rings (SSSR count). The van der Waals surface area contributed by atoms with Crippen molar-refractivity contribution < 1.29 is 32.4 Å². The average Bonchev–Trinajstić information content (AvgIpc) is 2.97. The number of hydrogen-bond donors (Lipinski definition) is 4. The number of ether oxygens (including phenoxy) is 1. The Labute approximate surface area is 233 Å². The van der Waals surface area contributed by atoms with Gasteiger partial charge in [-0.05, 0) is 35.7 Å². The van der Waals surface area contributed by atoms with Crippen LogP contribution in [0.1, 0.15) is 34.3 Å². The van der Waals surface area contributed by atoms with E-state index < -0.39 is 34.1 Å². The third-order valence-corrected chi connectivity index (χ3v) is 6.25. The summed E-state index contributed by atoms with van der Waals surface area (Å²) in [4.78, 5) is 22.1. The normalized spacial score (nSPS) is 11.9. The highest BCUT2D eigenvalue weighted by molar-refractivity contribution is 7.85. The first-order chi connectivity index (χ1) is 19.0. The fourth-order valence-electron chi connectivity index (χ4n) is 3.13. The van der Waals surface area contributed by atoms with E-state index in [1.165, 1.54) is 12.1 Å². The molecule has 40 heavy (non-hydrogen) atoms. The lowest BCUT2D eigenvalue weighted by Gasteiger charge is -2.11. The number of carbonyl (C=O) groups is 2. The van der Waals surface area contributed by atoms with Crippen LogP contribution in [0.3, 0.4) is 0 Å². The van der Waals surface area contributed by atoms with Crippen LogP contribution in [-0.4, -0.2) is 30.0 Å². The molecule has 0 aliphatic heterocycles. The van der Waals surface area contributed by atoms with E-state index in [1.54, 1.807) is 36.4 Å². The Balaban J connectivity index is 0.000000222. The van der Waals surface area contributed by atoms with Gasteiger partial charge in [-0.15, -0.1) is 0 Å². The number of carboxylic acid groups (broad SMARTS) is 1. The van der Waals surface area contributed by atoms with Crippen LogP contribution < -0.4 is 11.5 Å². The van der Waals surface area contributed by atoms with Gasteiger partial charge >= 0.3 is 11.9 Å². The van der Waals surface area contributed by atoms with E-state index in [4.69, 9.17) is 25.9 Å². The summed E-state index contributed by atoms with van der Waals surface area (Å²) in [6.07, 6.45) is 0. The molecule has 0 saturated carbocycles. The predicted octanol–water partition coefficient (Wildman–Crippen LogP) is 4.44. The summed E-state index contributed by atoms with van der Waals surface area (Å²) < 4.78 is 34.7. The monoisotopic (exact) mass is 564 g/mol. The van der Waals surface area contributed by atoms with Crippen LogP contribution in [0.15, 0.2) is 120 Å². The van der Waals surface area contributed by atoms with Crippen molar-refractivity contribution in [3.8, 4) is 0 Å². The number of aryl methyl sites for hydroxylation is 1. The van der Waals surface area contributed by atoms with Crippen LogP contribution >= 0.6 is 0 Å². The molecule has 0 heterocycles. The number of nitrogens with two attached hydrogens (primary N) is 2. The van der Waals surface area contributed by atoms with Crippen molar-refractivity contribution in [3.63, 3.8) is 0 Å². The molecule has 9 nitrogen and oxygen atoms in total. The Bertz CT molecular complexity index is 1430. The molecule has 4 aromatic rings. The zero-order valence-corrected chi connectivity index (χ0v) is 22.6. The number of aliphatic carboxylic acids is 1. The lowest BCUT2D eigenvalue weighted by atomic mass is 10.1.